The SMILES string of the molecule is Cc1cc(Br)ccc1C(=O)NCC1(CCl)CCCC1. The van der Waals surface area contributed by atoms with Crippen LogP contribution in [0.2, 0.25) is 0 Å². The fourth-order valence-electron chi connectivity index (χ4n) is 2.73. The van der Waals surface area contributed by atoms with Crippen molar-refractivity contribution in [1.29, 1.82) is 0 Å². The van der Waals surface area contributed by atoms with Gasteiger partial charge in [0.2, 0.25) is 0 Å². The first-order valence-corrected chi connectivity index (χ1v) is 7.99. The van der Waals surface area contributed by atoms with E-state index in [-0.39, 0.29) is 11.3 Å². The average Bonchev–Trinajstić information content (AvgIpc) is 2.85. The molecule has 1 fully saturated rings. The van der Waals surface area contributed by atoms with Crippen LogP contribution in [0.15, 0.2) is 22.7 Å². The molecule has 2 nitrogen and oxygen atoms in total. The van der Waals surface area contributed by atoms with E-state index < -0.39 is 0 Å². The molecule has 2 rings (SSSR count). The van der Waals surface area contributed by atoms with E-state index in [0.717, 1.165) is 28.4 Å². The number of alkyl halides is 1. The summed E-state index contributed by atoms with van der Waals surface area (Å²) in [6.07, 6.45) is 4.69. The van der Waals surface area contributed by atoms with E-state index in [1.54, 1.807) is 0 Å². The average molecular weight is 345 g/mol. The Morgan fingerprint density at radius 2 is 2.11 bits per heavy atom. The molecular weight excluding hydrogens is 326 g/mol. The Labute approximate surface area is 128 Å². The van der Waals surface area contributed by atoms with Gasteiger partial charge in [-0.1, -0.05) is 28.8 Å². The third kappa shape index (κ3) is 3.51. The maximum atomic E-state index is 12.2. The number of hydrogen-bond acceptors (Lipinski definition) is 1. The van der Waals surface area contributed by atoms with E-state index in [1.807, 2.05) is 25.1 Å². The zero-order valence-electron chi connectivity index (χ0n) is 11.1. The molecule has 0 unspecified atom stereocenters. The van der Waals surface area contributed by atoms with Crippen LogP contribution in [0.4, 0.5) is 0 Å². The molecule has 0 atom stereocenters. The lowest BCUT2D eigenvalue weighted by atomic mass is 9.88. The molecule has 0 aliphatic heterocycles. The number of halogens is 2. The molecule has 0 bridgehead atoms. The summed E-state index contributed by atoms with van der Waals surface area (Å²) >= 11 is 9.50. The number of benzene rings is 1. The van der Waals surface area contributed by atoms with E-state index in [4.69, 9.17) is 11.6 Å². The molecular formula is C15H19BrClNO. The van der Waals surface area contributed by atoms with Crippen molar-refractivity contribution >= 4 is 33.4 Å². The van der Waals surface area contributed by atoms with Crippen LogP contribution in [0.25, 0.3) is 0 Å². The van der Waals surface area contributed by atoms with E-state index in [2.05, 4.69) is 21.2 Å². The van der Waals surface area contributed by atoms with Gasteiger partial charge in [-0.05, 0) is 43.5 Å². The standard InChI is InChI=1S/C15H19BrClNO/c1-11-8-12(16)4-5-13(11)14(19)18-10-15(9-17)6-2-3-7-15/h4-5,8H,2-3,6-7,9-10H2,1H3,(H,18,19). The summed E-state index contributed by atoms with van der Waals surface area (Å²) in [4.78, 5) is 12.2. The second-order valence-electron chi connectivity index (χ2n) is 5.48. The molecule has 104 valence electrons. The Kier molecular flexibility index (Phi) is 4.91. The van der Waals surface area contributed by atoms with Crippen molar-refractivity contribution in [3.8, 4) is 0 Å². The first kappa shape index (κ1) is 14.9. The van der Waals surface area contributed by atoms with Crippen molar-refractivity contribution in [1.82, 2.24) is 5.32 Å². The minimum absolute atomic E-state index is 0.00129. The lowest BCUT2D eigenvalue weighted by Crippen LogP contribution is -2.37. The van der Waals surface area contributed by atoms with Crippen LogP contribution in [-0.2, 0) is 0 Å². The van der Waals surface area contributed by atoms with Crippen molar-refractivity contribution in [2.75, 3.05) is 12.4 Å². The summed E-state index contributed by atoms with van der Waals surface area (Å²) in [5, 5.41) is 3.05. The Hall–Kier alpha value is -0.540. The van der Waals surface area contributed by atoms with Gasteiger partial charge in [-0.3, -0.25) is 4.79 Å². The lowest BCUT2D eigenvalue weighted by Gasteiger charge is -2.26. The number of hydrogen-bond donors (Lipinski definition) is 1. The molecule has 1 N–H and O–H groups in total. The van der Waals surface area contributed by atoms with Gasteiger partial charge in [-0.25, -0.2) is 0 Å². The zero-order valence-corrected chi connectivity index (χ0v) is 13.5. The summed E-state index contributed by atoms with van der Waals surface area (Å²) in [6, 6.07) is 5.72. The van der Waals surface area contributed by atoms with Crippen LogP contribution in [0.1, 0.15) is 41.6 Å². The van der Waals surface area contributed by atoms with Gasteiger partial charge in [0.15, 0.2) is 0 Å². The molecule has 4 heteroatoms. The van der Waals surface area contributed by atoms with Crippen molar-refractivity contribution in [3.63, 3.8) is 0 Å². The minimum Gasteiger partial charge on any atom is -0.351 e. The molecule has 1 aromatic carbocycles. The van der Waals surface area contributed by atoms with Gasteiger partial charge in [0.25, 0.3) is 5.91 Å². The molecule has 0 spiro atoms. The van der Waals surface area contributed by atoms with Crippen molar-refractivity contribution < 1.29 is 4.79 Å². The van der Waals surface area contributed by atoms with E-state index in [9.17, 15) is 4.79 Å². The number of carbonyl (C=O) groups is 1. The smallest absolute Gasteiger partial charge is 0.251 e. The van der Waals surface area contributed by atoms with Crippen molar-refractivity contribution in [2.45, 2.75) is 32.6 Å². The molecule has 1 aromatic rings. The molecule has 19 heavy (non-hydrogen) atoms. The third-order valence-electron chi connectivity index (χ3n) is 4.00. The van der Waals surface area contributed by atoms with Crippen LogP contribution >= 0.6 is 27.5 Å². The predicted octanol–water partition coefficient (Wildman–Crippen LogP) is 4.29. The molecule has 0 saturated heterocycles. The summed E-state index contributed by atoms with van der Waals surface area (Å²) < 4.78 is 0.995. The number of amides is 1. The monoisotopic (exact) mass is 343 g/mol. The summed E-state index contributed by atoms with van der Waals surface area (Å²) in [5.74, 6) is 0.633. The van der Waals surface area contributed by atoms with Crippen LogP contribution in [-0.4, -0.2) is 18.3 Å². The highest BCUT2D eigenvalue weighted by atomic mass is 79.9. The minimum atomic E-state index is 0.00129. The first-order valence-electron chi connectivity index (χ1n) is 6.67. The number of nitrogens with one attached hydrogen (secondary N) is 1. The van der Waals surface area contributed by atoms with E-state index in [0.29, 0.717) is 12.4 Å². The molecule has 0 aromatic heterocycles. The van der Waals surface area contributed by atoms with Crippen LogP contribution in [0.3, 0.4) is 0 Å². The fraction of sp³-hybridized carbons (Fsp3) is 0.533. The van der Waals surface area contributed by atoms with Crippen LogP contribution < -0.4 is 5.32 Å². The van der Waals surface area contributed by atoms with Gasteiger partial charge in [0, 0.05) is 27.9 Å². The van der Waals surface area contributed by atoms with Gasteiger partial charge in [0.05, 0.1) is 0 Å². The highest BCUT2D eigenvalue weighted by Gasteiger charge is 2.33. The molecule has 1 amide bonds. The maximum Gasteiger partial charge on any atom is 0.251 e. The highest BCUT2D eigenvalue weighted by Crippen LogP contribution is 2.38. The normalized spacial score (nSPS) is 17.4. The van der Waals surface area contributed by atoms with Gasteiger partial charge in [0.1, 0.15) is 0 Å². The zero-order chi connectivity index (χ0) is 13.9. The van der Waals surface area contributed by atoms with Gasteiger partial charge in [-0.15, -0.1) is 11.6 Å². The first-order chi connectivity index (χ1) is 9.06. The summed E-state index contributed by atoms with van der Waals surface area (Å²) in [5.41, 5.74) is 1.84. The number of carbonyl (C=O) groups excluding carboxylic acids is 1. The van der Waals surface area contributed by atoms with Crippen LogP contribution in [0, 0.1) is 12.3 Å². The van der Waals surface area contributed by atoms with Crippen molar-refractivity contribution in [3.05, 3.63) is 33.8 Å². The Balaban J connectivity index is 2.01. The Morgan fingerprint density at radius 1 is 1.42 bits per heavy atom. The van der Waals surface area contributed by atoms with Crippen molar-refractivity contribution in [2.24, 2.45) is 5.41 Å². The van der Waals surface area contributed by atoms with Crippen LogP contribution in [0.5, 0.6) is 0 Å². The summed E-state index contributed by atoms with van der Waals surface area (Å²) in [6.45, 7) is 2.64. The largest absolute Gasteiger partial charge is 0.351 e. The topological polar surface area (TPSA) is 29.1 Å². The lowest BCUT2D eigenvalue weighted by molar-refractivity contribution is 0.0934. The number of rotatable bonds is 4. The number of aryl methyl sites for hydroxylation is 1. The Morgan fingerprint density at radius 3 is 2.68 bits per heavy atom. The molecule has 0 heterocycles. The maximum absolute atomic E-state index is 12.2. The molecule has 1 aliphatic rings. The summed E-state index contributed by atoms with van der Waals surface area (Å²) in [7, 11) is 0. The predicted molar refractivity (Wildman–Crippen MR) is 82.8 cm³/mol. The second kappa shape index (κ2) is 6.27. The quantitative estimate of drug-likeness (QED) is 0.811. The van der Waals surface area contributed by atoms with Gasteiger partial charge in [-0.2, -0.15) is 0 Å². The van der Waals surface area contributed by atoms with Gasteiger partial charge >= 0.3 is 0 Å². The second-order valence-corrected chi connectivity index (χ2v) is 6.67. The molecule has 0 radical (unpaired) electrons. The van der Waals surface area contributed by atoms with E-state index >= 15 is 0 Å². The van der Waals surface area contributed by atoms with Gasteiger partial charge < -0.3 is 5.32 Å². The Bertz CT molecular complexity index is 469. The third-order valence-corrected chi connectivity index (χ3v) is 5.06. The molecule has 1 aliphatic carbocycles. The fourth-order valence-corrected chi connectivity index (χ4v) is 3.56. The van der Waals surface area contributed by atoms with E-state index in [1.165, 1.54) is 12.8 Å². The highest BCUT2D eigenvalue weighted by molar-refractivity contribution is 9.10. The molecule has 1 saturated carbocycles.